The number of aliphatic carboxylic acids is 1. The second-order valence-electron chi connectivity index (χ2n) is 5.08. The Labute approximate surface area is 121 Å². The number of hydrogen-bond donors (Lipinski definition) is 2. The predicted octanol–water partition coefficient (Wildman–Crippen LogP) is 2.53. The van der Waals surface area contributed by atoms with Crippen LogP contribution in [0.4, 0.5) is 5.69 Å². The van der Waals surface area contributed by atoms with Crippen LogP contribution in [0, 0.1) is 0 Å². The minimum Gasteiger partial charge on any atom is -0.480 e. The summed E-state index contributed by atoms with van der Waals surface area (Å²) in [7, 11) is 2.00. The van der Waals surface area contributed by atoms with Crippen LogP contribution in [0.5, 0.6) is 0 Å². The van der Waals surface area contributed by atoms with Crippen LogP contribution in [0.25, 0.3) is 0 Å². The van der Waals surface area contributed by atoms with Gasteiger partial charge in [0.2, 0.25) is 0 Å². The van der Waals surface area contributed by atoms with E-state index in [1.807, 2.05) is 14.0 Å². The molecule has 0 spiro atoms. The van der Waals surface area contributed by atoms with Crippen LogP contribution in [-0.4, -0.2) is 37.3 Å². The van der Waals surface area contributed by atoms with Gasteiger partial charge in [-0.3, -0.25) is 4.79 Å². The highest BCUT2D eigenvalue weighted by atomic mass is 16.4. The minimum atomic E-state index is -0.770. The number of carbonyl (C=O) groups is 1. The molecule has 0 heterocycles. The van der Waals surface area contributed by atoms with Crippen molar-refractivity contribution in [1.29, 1.82) is 0 Å². The molecule has 0 aliphatic heterocycles. The van der Waals surface area contributed by atoms with Gasteiger partial charge in [0.05, 0.1) is 0 Å². The van der Waals surface area contributed by atoms with Gasteiger partial charge in [-0.25, -0.2) is 0 Å². The third kappa shape index (κ3) is 5.21. The Bertz CT molecular complexity index is 403. The van der Waals surface area contributed by atoms with Gasteiger partial charge in [0.15, 0.2) is 0 Å². The van der Waals surface area contributed by atoms with Crippen molar-refractivity contribution in [2.75, 3.05) is 25.0 Å². The van der Waals surface area contributed by atoms with Crippen LogP contribution in [0.15, 0.2) is 24.3 Å². The summed E-state index contributed by atoms with van der Waals surface area (Å²) in [5, 5.41) is 12.2. The first-order valence-corrected chi connectivity index (χ1v) is 7.34. The fraction of sp³-hybridized carbons (Fsp3) is 0.562. The minimum absolute atomic E-state index is 0.465. The van der Waals surface area contributed by atoms with Crippen LogP contribution in [0.3, 0.4) is 0 Å². The number of benzene rings is 1. The van der Waals surface area contributed by atoms with Gasteiger partial charge < -0.3 is 15.3 Å². The average molecular weight is 278 g/mol. The molecule has 0 aromatic heterocycles. The summed E-state index contributed by atoms with van der Waals surface area (Å²) in [4.78, 5) is 13.3. The Morgan fingerprint density at radius 1 is 1.30 bits per heavy atom. The molecule has 4 nitrogen and oxygen atoms in total. The monoisotopic (exact) mass is 278 g/mol. The average Bonchev–Trinajstić information content (AvgIpc) is 2.46. The summed E-state index contributed by atoms with van der Waals surface area (Å²) in [6, 6.07) is 7.96. The summed E-state index contributed by atoms with van der Waals surface area (Å²) >= 11 is 0. The van der Waals surface area contributed by atoms with E-state index in [1.165, 1.54) is 5.56 Å². The molecule has 1 rings (SSSR count). The molecule has 4 heteroatoms. The first-order valence-electron chi connectivity index (χ1n) is 7.34. The molecule has 0 aliphatic rings. The molecule has 1 unspecified atom stereocenters. The first kappa shape index (κ1) is 16.5. The number of aryl methyl sites for hydroxylation is 1. The van der Waals surface area contributed by atoms with E-state index >= 15 is 0 Å². The topological polar surface area (TPSA) is 52.6 Å². The van der Waals surface area contributed by atoms with Crippen molar-refractivity contribution < 1.29 is 9.90 Å². The number of nitrogens with zero attached hydrogens (tertiary/aromatic N) is 1. The lowest BCUT2D eigenvalue weighted by atomic mass is 10.1. The normalized spacial score (nSPS) is 12.2. The summed E-state index contributed by atoms with van der Waals surface area (Å²) in [5.41, 5.74) is 2.44. The zero-order valence-electron chi connectivity index (χ0n) is 12.7. The van der Waals surface area contributed by atoms with Gasteiger partial charge in [-0.15, -0.1) is 0 Å². The Morgan fingerprint density at radius 3 is 2.45 bits per heavy atom. The number of carboxylic acid groups (broad SMARTS) is 1. The largest absolute Gasteiger partial charge is 0.480 e. The number of anilines is 1. The predicted molar refractivity (Wildman–Crippen MR) is 83.4 cm³/mol. The van der Waals surface area contributed by atoms with Crippen molar-refractivity contribution in [3.05, 3.63) is 29.8 Å². The van der Waals surface area contributed by atoms with Gasteiger partial charge in [0.25, 0.3) is 0 Å². The molecule has 0 radical (unpaired) electrons. The zero-order chi connectivity index (χ0) is 15.0. The van der Waals surface area contributed by atoms with E-state index in [9.17, 15) is 9.90 Å². The lowest BCUT2D eigenvalue weighted by molar-refractivity contribution is -0.139. The van der Waals surface area contributed by atoms with Crippen molar-refractivity contribution in [2.45, 2.75) is 39.2 Å². The quantitative estimate of drug-likeness (QED) is 0.729. The summed E-state index contributed by atoms with van der Waals surface area (Å²) in [6.45, 7) is 5.63. The summed E-state index contributed by atoms with van der Waals surface area (Å²) < 4.78 is 0. The van der Waals surface area contributed by atoms with Gasteiger partial charge in [0.1, 0.15) is 6.04 Å². The van der Waals surface area contributed by atoms with Crippen LogP contribution in [0.1, 0.15) is 32.3 Å². The molecule has 0 saturated heterocycles. The van der Waals surface area contributed by atoms with Crippen LogP contribution in [-0.2, 0) is 11.2 Å². The molecular weight excluding hydrogens is 252 g/mol. The van der Waals surface area contributed by atoms with Gasteiger partial charge in [-0.2, -0.15) is 0 Å². The van der Waals surface area contributed by atoms with Gasteiger partial charge in [-0.1, -0.05) is 26.0 Å². The Kier molecular flexibility index (Phi) is 7.09. The molecule has 2 N–H and O–H groups in total. The van der Waals surface area contributed by atoms with E-state index in [0.29, 0.717) is 6.42 Å². The van der Waals surface area contributed by atoms with Crippen molar-refractivity contribution in [1.82, 2.24) is 5.32 Å². The van der Waals surface area contributed by atoms with Crippen molar-refractivity contribution in [2.24, 2.45) is 0 Å². The maximum atomic E-state index is 11.2. The molecular formula is C16H26N2O2. The summed E-state index contributed by atoms with van der Waals surface area (Å²) in [6.07, 6.45) is 2.57. The molecule has 1 aromatic rings. The Balaban J connectivity index is 2.51. The molecule has 112 valence electrons. The van der Waals surface area contributed by atoms with Gasteiger partial charge in [-0.05, 0) is 43.5 Å². The van der Waals surface area contributed by atoms with E-state index in [-0.39, 0.29) is 0 Å². The lowest BCUT2D eigenvalue weighted by Crippen LogP contribution is -2.39. The fourth-order valence-corrected chi connectivity index (χ4v) is 2.07. The molecule has 0 fully saturated rings. The van der Waals surface area contributed by atoms with Gasteiger partial charge >= 0.3 is 5.97 Å². The van der Waals surface area contributed by atoms with Crippen LogP contribution in [0.2, 0.25) is 0 Å². The van der Waals surface area contributed by atoms with Crippen molar-refractivity contribution in [3.8, 4) is 0 Å². The van der Waals surface area contributed by atoms with E-state index in [4.69, 9.17) is 0 Å². The Hall–Kier alpha value is -1.55. The highest BCUT2D eigenvalue weighted by Crippen LogP contribution is 2.14. The standard InChI is InChI=1S/C16H26N2O2/c1-4-11-17-15(16(19)20)10-12-18(3)14-8-6-13(5-2)7-9-14/h6-9,15,17H,4-5,10-12H2,1-3H3,(H,19,20). The third-order valence-corrected chi connectivity index (χ3v) is 3.48. The highest BCUT2D eigenvalue weighted by Gasteiger charge is 2.16. The van der Waals surface area contributed by atoms with Crippen LogP contribution < -0.4 is 10.2 Å². The van der Waals surface area contributed by atoms with Gasteiger partial charge in [0, 0.05) is 19.3 Å². The van der Waals surface area contributed by atoms with E-state index < -0.39 is 12.0 Å². The number of carboxylic acids is 1. The second-order valence-corrected chi connectivity index (χ2v) is 5.08. The third-order valence-electron chi connectivity index (χ3n) is 3.48. The number of rotatable bonds is 9. The van der Waals surface area contributed by atoms with E-state index in [0.717, 1.165) is 31.6 Å². The van der Waals surface area contributed by atoms with Crippen molar-refractivity contribution in [3.63, 3.8) is 0 Å². The van der Waals surface area contributed by atoms with Crippen LogP contribution >= 0.6 is 0 Å². The molecule has 0 amide bonds. The molecule has 1 atom stereocenters. The first-order chi connectivity index (χ1) is 9.58. The molecule has 0 bridgehead atoms. The van der Waals surface area contributed by atoms with Crippen molar-refractivity contribution >= 4 is 11.7 Å². The molecule has 0 saturated carbocycles. The maximum absolute atomic E-state index is 11.2. The number of hydrogen-bond acceptors (Lipinski definition) is 3. The molecule has 20 heavy (non-hydrogen) atoms. The highest BCUT2D eigenvalue weighted by molar-refractivity contribution is 5.73. The SMILES string of the molecule is CCCNC(CCN(C)c1ccc(CC)cc1)C(=O)O. The van der Waals surface area contributed by atoms with E-state index in [2.05, 4.69) is 41.4 Å². The van der Waals surface area contributed by atoms with E-state index in [1.54, 1.807) is 0 Å². The summed E-state index contributed by atoms with van der Waals surface area (Å²) in [5.74, 6) is -0.770. The smallest absolute Gasteiger partial charge is 0.320 e. The maximum Gasteiger partial charge on any atom is 0.320 e. The molecule has 1 aromatic carbocycles. The Morgan fingerprint density at radius 2 is 1.95 bits per heavy atom. The number of nitrogens with one attached hydrogen (secondary N) is 1. The fourth-order valence-electron chi connectivity index (χ4n) is 2.07. The molecule has 0 aliphatic carbocycles. The zero-order valence-corrected chi connectivity index (χ0v) is 12.7. The second kappa shape index (κ2) is 8.59. The lowest BCUT2D eigenvalue weighted by Gasteiger charge is -2.22.